The summed E-state index contributed by atoms with van der Waals surface area (Å²) in [5.74, 6) is 3.85. The summed E-state index contributed by atoms with van der Waals surface area (Å²) in [7, 11) is 0. The summed E-state index contributed by atoms with van der Waals surface area (Å²) in [5, 5.41) is 109. The van der Waals surface area contributed by atoms with Crippen molar-refractivity contribution in [3.05, 3.63) is 29.8 Å². The maximum Gasteiger partial charge on any atom is 0.251 e. The Labute approximate surface area is 429 Å². The van der Waals surface area contributed by atoms with Crippen molar-refractivity contribution < 1.29 is 103 Å². The van der Waals surface area contributed by atoms with Gasteiger partial charge in [0.25, 0.3) is 5.91 Å². The van der Waals surface area contributed by atoms with Crippen LogP contribution in [0.2, 0.25) is 0 Å². The van der Waals surface area contributed by atoms with Crippen molar-refractivity contribution >= 4 is 23.6 Å². The predicted octanol–water partition coefficient (Wildman–Crippen LogP) is -3.33. The van der Waals surface area contributed by atoms with Gasteiger partial charge in [0.1, 0.15) is 97.1 Å². The van der Waals surface area contributed by atoms with Crippen molar-refractivity contribution in [1.29, 1.82) is 0 Å². The van der Waals surface area contributed by atoms with Crippen molar-refractivity contribution in [1.82, 2.24) is 21.3 Å². The van der Waals surface area contributed by atoms with E-state index in [9.17, 15) is 65.1 Å². The molecule has 10 unspecified atom stereocenters. The molecule has 5 rings (SSSR count). The van der Waals surface area contributed by atoms with Crippen LogP contribution in [0.5, 0.6) is 5.75 Å². The van der Waals surface area contributed by atoms with Crippen LogP contribution in [0.15, 0.2) is 24.3 Å². The fraction of sp³-hybridized carbons (Fsp3) is 0.755. The second-order valence-corrected chi connectivity index (χ2v) is 18.7. The molecule has 25 nitrogen and oxygen atoms in total. The molecule has 4 fully saturated rings. The first kappa shape index (κ1) is 60.7. The quantitative estimate of drug-likeness (QED) is 0.0377. The highest BCUT2D eigenvalue weighted by Gasteiger charge is 2.56. The predicted molar refractivity (Wildman–Crippen MR) is 255 cm³/mol. The van der Waals surface area contributed by atoms with Crippen molar-refractivity contribution in [2.24, 2.45) is 0 Å². The summed E-state index contributed by atoms with van der Waals surface area (Å²) in [4.78, 5) is 51.0. The summed E-state index contributed by atoms with van der Waals surface area (Å²) in [6.07, 6.45) is -19.4. The van der Waals surface area contributed by atoms with Gasteiger partial charge in [-0.05, 0) is 37.5 Å². The summed E-state index contributed by atoms with van der Waals surface area (Å²) in [6.45, 7) is 4.84. The number of carbonyl (C=O) groups is 4. The highest BCUT2D eigenvalue weighted by molar-refractivity contribution is 5.94. The van der Waals surface area contributed by atoms with Gasteiger partial charge in [-0.15, -0.1) is 11.8 Å². The third-order valence-electron chi connectivity index (χ3n) is 13.1. The van der Waals surface area contributed by atoms with Crippen LogP contribution in [0, 0.1) is 11.8 Å². The Morgan fingerprint density at radius 1 is 0.554 bits per heavy atom. The molecule has 25 heteroatoms. The van der Waals surface area contributed by atoms with E-state index >= 15 is 0 Å². The minimum atomic E-state index is -1.92. The second kappa shape index (κ2) is 29.4. The van der Waals surface area contributed by atoms with Crippen molar-refractivity contribution in [3.8, 4) is 17.6 Å². The summed E-state index contributed by atoms with van der Waals surface area (Å²) >= 11 is 0. The summed E-state index contributed by atoms with van der Waals surface area (Å²) in [5.41, 5.74) is 0.0777. The molecule has 4 aliphatic heterocycles. The SMILES string of the molecule is CCCCCCC#CCCCOc1cccc(C(=O)N[C@H]2C(O)[C@H](O)C(CO)O[C@H]2O[C@H]2C(O)C(NC(C)=O)C(OC3C(CO)O[C@@H](O[C@H]4C(O)C(NC(C)=O)C(O)O[C@H]4CC)[C@@H](NC(C)=O)[C@@H]3O)O[C@H]2CO)c1. The Morgan fingerprint density at radius 3 is 1.53 bits per heavy atom. The van der Waals surface area contributed by atoms with Crippen molar-refractivity contribution in [2.45, 2.75) is 209 Å². The number of aliphatic hydroxyl groups excluding tert-OH is 9. The molecular weight excluding hydrogens is 981 g/mol. The Balaban J connectivity index is 1.33. The fourth-order valence-corrected chi connectivity index (χ4v) is 9.25. The third kappa shape index (κ3) is 15.9. The van der Waals surface area contributed by atoms with Gasteiger partial charge < -0.3 is 105 Å². The second-order valence-electron chi connectivity index (χ2n) is 18.7. The number of amides is 4. The zero-order valence-electron chi connectivity index (χ0n) is 42.3. The van der Waals surface area contributed by atoms with Crippen LogP contribution < -0.4 is 26.0 Å². The molecule has 418 valence electrons. The molecule has 20 atom stereocenters. The maximum atomic E-state index is 13.8. The molecule has 0 spiro atoms. The van der Waals surface area contributed by atoms with Crippen LogP contribution in [-0.4, -0.2) is 219 Å². The number of rotatable bonds is 23. The maximum absolute atomic E-state index is 13.8. The van der Waals surface area contributed by atoms with Crippen LogP contribution in [0.1, 0.15) is 96.3 Å². The van der Waals surface area contributed by atoms with Gasteiger partial charge in [0.05, 0.1) is 32.5 Å². The number of aliphatic hydroxyl groups is 9. The molecule has 0 radical (unpaired) electrons. The molecule has 4 aliphatic rings. The fourth-order valence-electron chi connectivity index (χ4n) is 9.25. The van der Waals surface area contributed by atoms with E-state index in [1.54, 1.807) is 19.1 Å². The number of hydrogen-bond acceptors (Lipinski definition) is 21. The standard InChI is InChI=1S/C49H76N4O21/c1-6-8-9-10-11-12-13-14-15-19-67-28-18-16-17-27(20-28)45(65)53-34-38(61)37(60)30(21-54)69-47(34)73-43-31(22-55)71-49(36(41(43)64)52-26(5)59)74-44-32(23-56)70-48(35(40(44)63)51-25(4)58)72-42-29(7-2)68-46(66)33(39(42)62)50-24(3)57/h16-18,20,29-44,46-49,54-56,60-64,66H,6-11,14-15,19,21-23H2,1-5H3,(H,50,57)(H,51,58)(H,52,59)(H,53,65)/t29-,30?,31-,32?,33?,34-,35-,36?,37+,38?,39?,40-,41?,42+,43+,44?,46?,47-,48-,49?/m0/s1. The lowest BCUT2D eigenvalue weighted by Gasteiger charge is -2.51. The molecule has 0 aliphatic carbocycles. The topological polar surface area (TPSA) is 372 Å². The van der Waals surface area contributed by atoms with E-state index in [-0.39, 0.29) is 12.0 Å². The minimum absolute atomic E-state index is 0.0777. The molecule has 74 heavy (non-hydrogen) atoms. The number of ether oxygens (including phenoxy) is 8. The van der Waals surface area contributed by atoms with E-state index in [0.29, 0.717) is 25.2 Å². The lowest BCUT2D eigenvalue weighted by atomic mass is 9.92. The summed E-state index contributed by atoms with van der Waals surface area (Å²) in [6, 6.07) is 0.00112. The Hall–Kier alpha value is -4.18. The van der Waals surface area contributed by atoms with E-state index < -0.39 is 166 Å². The number of nitrogens with one attached hydrogen (secondary N) is 4. The zero-order chi connectivity index (χ0) is 54.2. The van der Waals surface area contributed by atoms with E-state index in [2.05, 4.69) is 40.0 Å². The molecule has 4 amide bonds. The first-order valence-corrected chi connectivity index (χ1v) is 25.2. The van der Waals surface area contributed by atoms with Crippen LogP contribution in [0.4, 0.5) is 0 Å². The number of hydrogen-bond donors (Lipinski definition) is 13. The lowest BCUT2D eigenvalue weighted by molar-refractivity contribution is -0.361. The van der Waals surface area contributed by atoms with Crippen LogP contribution in [0.25, 0.3) is 0 Å². The van der Waals surface area contributed by atoms with Gasteiger partial charge in [-0.25, -0.2) is 0 Å². The first-order valence-electron chi connectivity index (χ1n) is 25.2. The van der Waals surface area contributed by atoms with Crippen molar-refractivity contribution in [2.75, 3.05) is 26.4 Å². The highest BCUT2D eigenvalue weighted by atomic mass is 16.8. The van der Waals surface area contributed by atoms with E-state index in [1.807, 2.05) is 0 Å². The van der Waals surface area contributed by atoms with Gasteiger partial charge in [0, 0.05) is 39.2 Å². The summed E-state index contributed by atoms with van der Waals surface area (Å²) < 4.78 is 47.9. The monoisotopic (exact) mass is 1060 g/mol. The molecule has 13 N–H and O–H groups in total. The molecule has 0 bridgehead atoms. The highest BCUT2D eigenvalue weighted by Crippen LogP contribution is 2.35. The Kier molecular flexibility index (Phi) is 24.1. The van der Waals surface area contributed by atoms with E-state index in [4.69, 9.17) is 37.9 Å². The Bertz CT molecular complexity index is 2010. The van der Waals surface area contributed by atoms with Gasteiger partial charge in [-0.3, -0.25) is 19.2 Å². The largest absolute Gasteiger partial charge is 0.494 e. The molecule has 4 heterocycles. The van der Waals surface area contributed by atoms with Crippen LogP contribution in [-0.2, 0) is 47.5 Å². The molecule has 1 aromatic carbocycles. The normalized spacial score (nSPS) is 36.1. The molecular formula is C49H76N4O21. The average Bonchev–Trinajstić information content (AvgIpc) is 3.36. The number of benzene rings is 1. The number of unbranched alkanes of at least 4 members (excludes halogenated alkanes) is 5. The third-order valence-corrected chi connectivity index (χ3v) is 13.1. The molecule has 1 aromatic rings. The first-order chi connectivity index (χ1) is 35.4. The van der Waals surface area contributed by atoms with Gasteiger partial charge >= 0.3 is 0 Å². The smallest absolute Gasteiger partial charge is 0.251 e. The van der Waals surface area contributed by atoms with Gasteiger partial charge in [-0.1, -0.05) is 39.2 Å². The number of carbonyl (C=O) groups excluding carboxylic acids is 4. The van der Waals surface area contributed by atoms with Gasteiger partial charge in [-0.2, -0.15) is 0 Å². The van der Waals surface area contributed by atoms with E-state index in [0.717, 1.165) is 46.5 Å². The van der Waals surface area contributed by atoms with Crippen LogP contribution in [0.3, 0.4) is 0 Å². The van der Waals surface area contributed by atoms with Gasteiger partial charge in [0.15, 0.2) is 25.2 Å². The molecule has 0 aromatic heterocycles. The molecule has 0 saturated carbocycles. The van der Waals surface area contributed by atoms with Crippen molar-refractivity contribution in [3.63, 3.8) is 0 Å². The lowest BCUT2D eigenvalue weighted by Crippen LogP contribution is -2.71. The average molecular weight is 1060 g/mol. The van der Waals surface area contributed by atoms with Crippen LogP contribution >= 0.6 is 0 Å². The molecule has 4 saturated heterocycles. The van der Waals surface area contributed by atoms with Gasteiger partial charge in [0.2, 0.25) is 17.7 Å². The minimum Gasteiger partial charge on any atom is -0.494 e. The Morgan fingerprint density at radius 2 is 1.03 bits per heavy atom. The van der Waals surface area contributed by atoms with E-state index in [1.165, 1.54) is 18.6 Å². The zero-order valence-corrected chi connectivity index (χ0v) is 42.3.